The molecule has 4 aromatic rings. The quantitative estimate of drug-likeness (QED) is 0.104. The first-order valence-electron chi connectivity index (χ1n) is 20.2. The number of nitrogens with one attached hydrogen (secondary N) is 4. The Morgan fingerprint density at radius 2 is 1.17 bits per heavy atom. The third kappa shape index (κ3) is 9.43. The third-order valence-electron chi connectivity index (χ3n) is 11.4. The molecule has 0 aliphatic carbocycles. The van der Waals surface area contributed by atoms with Crippen LogP contribution in [0.4, 0.5) is 9.59 Å². The van der Waals surface area contributed by atoms with Gasteiger partial charge in [0.15, 0.2) is 10.3 Å². The maximum absolute atomic E-state index is 13.9. The van der Waals surface area contributed by atoms with E-state index in [9.17, 15) is 19.2 Å². The molecule has 15 nitrogen and oxygen atoms in total. The van der Waals surface area contributed by atoms with Gasteiger partial charge in [-0.15, -0.1) is 0 Å². The summed E-state index contributed by atoms with van der Waals surface area (Å²) in [4.78, 5) is 71.6. The fourth-order valence-corrected chi connectivity index (χ4v) is 8.73. The van der Waals surface area contributed by atoms with E-state index in [-0.39, 0.29) is 46.8 Å². The lowest BCUT2D eigenvalue weighted by Gasteiger charge is -2.32. The molecule has 4 heterocycles. The highest BCUT2D eigenvalue weighted by molar-refractivity contribution is 6.32. The van der Waals surface area contributed by atoms with Gasteiger partial charge in [0, 0.05) is 36.7 Å². The fraction of sp³-hybridized carbons (Fsp3) is 0.488. The minimum atomic E-state index is -0.785. The van der Waals surface area contributed by atoms with Crippen molar-refractivity contribution in [2.75, 3.05) is 34.5 Å². The van der Waals surface area contributed by atoms with Crippen LogP contribution in [0.3, 0.4) is 0 Å². The van der Waals surface area contributed by atoms with Crippen LogP contribution in [0.2, 0.25) is 10.3 Å². The Balaban J connectivity index is 1.18. The van der Waals surface area contributed by atoms with Crippen LogP contribution in [0.1, 0.15) is 77.6 Å². The van der Waals surface area contributed by atoms with Crippen molar-refractivity contribution >= 4 is 47.2 Å². The smallest absolute Gasteiger partial charge is 0.407 e. The number of nitrogens with zero attached hydrogens (tertiary/aromatic N) is 4. The Labute approximate surface area is 360 Å². The van der Waals surface area contributed by atoms with Crippen molar-refractivity contribution in [3.8, 4) is 33.6 Å². The average Bonchev–Trinajstić information content (AvgIpc) is 4.03. The lowest BCUT2D eigenvalue weighted by atomic mass is 10.0. The summed E-state index contributed by atoms with van der Waals surface area (Å²) in [6, 6.07) is 13.5. The van der Waals surface area contributed by atoms with E-state index in [1.807, 2.05) is 83.1 Å². The average molecular weight is 866 g/mol. The summed E-state index contributed by atoms with van der Waals surface area (Å²) in [6.45, 7) is 10.4. The van der Waals surface area contributed by atoms with Gasteiger partial charge in [0.1, 0.15) is 23.7 Å². The van der Waals surface area contributed by atoms with Gasteiger partial charge in [-0.25, -0.2) is 19.6 Å². The van der Waals surface area contributed by atoms with Gasteiger partial charge < -0.3 is 44.6 Å². The van der Waals surface area contributed by atoms with E-state index in [0.29, 0.717) is 54.2 Å². The SMILES string of the molecule is COC[C@H]1C[C@@H](c2nc(Cl)c(-c3ccc(-c4ccc(-c5[nH]c([C@@H]6CC[C@H](C)N6C(=O)[C@@H](NC(=O)OC)C(C)C)nc5Cl)cc4)cc3)[nH]2)N(C(=O)[C@@H](NC(=O)OC)C(C)C)C1. The fourth-order valence-electron chi connectivity index (χ4n) is 8.24. The summed E-state index contributed by atoms with van der Waals surface area (Å²) < 4.78 is 15.0. The number of ether oxygens (including phenoxy) is 3. The number of aromatic nitrogens is 4. The second-order valence-corrected chi connectivity index (χ2v) is 16.9. The van der Waals surface area contributed by atoms with Crippen LogP contribution in [0, 0.1) is 17.8 Å². The summed E-state index contributed by atoms with van der Waals surface area (Å²) in [5.74, 6) is 0.449. The number of carbonyl (C=O) groups is 4. The Hall–Kier alpha value is -5.12. The van der Waals surface area contributed by atoms with Crippen LogP contribution in [-0.2, 0) is 23.8 Å². The zero-order valence-electron chi connectivity index (χ0n) is 35.2. The molecule has 4 amide bonds. The van der Waals surface area contributed by atoms with Crippen LogP contribution in [0.5, 0.6) is 0 Å². The maximum atomic E-state index is 13.9. The topological polar surface area (TPSA) is 184 Å². The first-order chi connectivity index (χ1) is 28.6. The molecule has 6 atom stereocenters. The number of imidazole rings is 2. The molecular formula is C43H54Cl2N8O7. The van der Waals surface area contributed by atoms with Crippen molar-refractivity contribution in [1.82, 2.24) is 40.4 Å². The Bertz CT molecular complexity index is 2160. The van der Waals surface area contributed by atoms with Crippen molar-refractivity contribution in [1.29, 1.82) is 0 Å². The molecule has 17 heteroatoms. The van der Waals surface area contributed by atoms with E-state index in [4.69, 9.17) is 37.4 Å². The van der Waals surface area contributed by atoms with Gasteiger partial charge in [-0.3, -0.25) is 9.59 Å². The molecular weight excluding hydrogens is 811 g/mol. The minimum Gasteiger partial charge on any atom is -0.453 e. The summed E-state index contributed by atoms with van der Waals surface area (Å²) in [5.41, 5.74) is 4.88. The zero-order chi connectivity index (χ0) is 43.4. The van der Waals surface area contributed by atoms with Gasteiger partial charge in [0.25, 0.3) is 0 Å². The molecule has 322 valence electrons. The van der Waals surface area contributed by atoms with Crippen molar-refractivity contribution in [2.24, 2.45) is 17.8 Å². The molecule has 2 aromatic carbocycles. The van der Waals surface area contributed by atoms with E-state index in [2.05, 4.69) is 30.6 Å². The lowest BCUT2D eigenvalue weighted by molar-refractivity contribution is -0.137. The van der Waals surface area contributed by atoms with Crippen LogP contribution < -0.4 is 10.6 Å². The molecule has 0 saturated carbocycles. The molecule has 4 N–H and O–H groups in total. The number of carbonyl (C=O) groups excluding carboxylic acids is 4. The van der Waals surface area contributed by atoms with Crippen molar-refractivity contribution < 1.29 is 33.4 Å². The number of hydrogen-bond acceptors (Lipinski definition) is 9. The number of halogens is 2. The predicted molar refractivity (Wildman–Crippen MR) is 228 cm³/mol. The van der Waals surface area contributed by atoms with Gasteiger partial charge in [0.2, 0.25) is 11.8 Å². The van der Waals surface area contributed by atoms with Crippen molar-refractivity contribution in [3.05, 3.63) is 70.5 Å². The van der Waals surface area contributed by atoms with Gasteiger partial charge >= 0.3 is 12.2 Å². The summed E-state index contributed by atoms with van der Waals surface area (Å²) in [6.07, 6.45) is 0.758. The molecule has 0 radical (unpaired) electrons. The monoisotopic (exact) mass is 864 g/mol. The Kier molecular flexibility index (Phi) is 14.1. The standard InChI is InChI=1S/C43H54Cl2N8O7/c1-22(2)32(48-42(56)59-7)40(54)52-20-25(21-58-6)19-31(52)39-47-35(37(45)51-39)29-16-12-27(13-17-29)26-10-14-28(15-11-26)34-36(44)50-38(46-34)30-18-9-24(5)53(30)41(55)33(23(3)4)49-43(57)60-8/h10-17,22-25,30-33H,9,18-21H2,1-8H3,(H,46,50)(H,47,51)(H,48,56)(H,49,57)/t24-,25-,30-,31-,32-,33-/m0/s1. The minimum absolute atomic E-state index is 0.0597. The Morgan fingerprint density at radius 3 is 1.62 bits per heavy atom. The predicted octanol–water partition coefficient (Wildman–Crippen LogP) is 7.79. The van der Waals surface area contributed by atoms with Gasteiger partial charge in [0.05, 0.1) is 44.3 Å². The van der Waals surface area contributed by atoms with Crippen molar-refractivity contribution in [2.45, 2.75) is 84.1 Å². The largest absolute Gasteiger partial charge is 0.453 e. The van der Waals surface area contributed by atoms with Crippen LogP contribution >= 0.6 is 23.2 Å². The van der Waals surface area contributed by atoms with E-state index < -0.39 is 30.3 Å². The van der Waals surface area contributed by atoms with Gasteiger partial charge in [-0.1, -0.05) is 99.4 Å². The maximum Gasteiger partial charge on any atom is 0.407 e. The summed E-state index contributed by atoms with van der Waals surface area (Å²) in [5, 5.41) is 5.97. The highest BCUT2D eigenvalue weighted by atomic mass is 35.5. The molecule has 0 bridgehead atoms. The number of methoxy groups -OCH3 is 3. The number of amides is 4. The van der Waals surface area contributed by atoms with Gasteiger partial charge in [-0.2, -0.15) is 0 Å². The lowest BCUT2D eigenvalue weighted by Crippen LogP contribution is -2.52. The third-order valence-corrected chi connectivity index (χ3v) is 12.0. The first-order valence-corrected chi connectivity index (χ1v) is 20.9. The number of H-pyrrole nitrogens is 2. The van der Waals surface area contributed by atoms with E-state index in [1.165, 1.54) is 14.2 Å². The van der Waals surface area contributed by atoms with E-state index in [1.54, 1.807) is 16.9 Å². The summed E-state index contributed by atoms with van der Waals surface area (Å²) in [7, 11) is 4.18. The number of hydrogen-bond donors (Lipinski definition) is 4. The van der Waals surface area contributed by atoms with Crippen molar-refractivity contribution in [3.63, 3.8) is 0 Å². The number of likely N-dealkylation sites (tertiary alicyclic amines) is 2. The number of benzene rings is 2. The highest BCUT2D eigenvalue weighted by Crippen LogP contribution is 2.40. The normalized spacial score (nSPS) is 20.1. The Morgan fingerprint density at radius 1 is 0.717 bits per heavy atom. The van der Waals surface area contributed by atoms with Crippen LogP contribution in [0.25, 0.3) is 33.6 Å². The molecule has 2 fully saturated rings. The molecule has 0 spiro atoms. The zero-order valence-corrected chi connectivity index (χ0v) is 36.7. The summed E-state index contributed by atoms with van der Waals surface area (Å²) >= 11 is 13.5. The highest BCUT2D eigenvalue weighted by Gasteiger charge is 2.43. The molecule has 2 aromatic heterocycles. The van der Waals surface area contributed by atoms with E-state index in [0.717, 1.165) is 28.7 Å². The molecule has 2 aliphatic rings. The van der Waals surface area contributed by atoms with Crippen LogP contribution in [0.15, 0.2) is 48.5 Å². The second-order valence-electron chi connectivity index (χ2n) is 16.2. The molecule has 60 heavy (non-hydrogen) atoms. The number of alkyl carbamates (subject to hydrolysis) is 2. The van der Waals surface area contributed by atoms with Crippen LogP contribution in [-0.4, -0.2) is 106 Å². The molecule has 0 unspecified atom stereocenters. The van der Waals surface area contributed by atoms with E-state index >= 15 is 0 Å². The first kappa shape index (κ1) is 44.4. The molecule has 2 aliphatic heterocycles. The number of aromatic amines is 2. The molecule has 2 saturated heterocycles. The number of rotatable bonds is 13. The molecule has 6 rings (SSSR count). The second kappa shape index (κ2) is 19.1. The van der Waals surface area contributed by atoms with Gasteiger partial charge in [-0.05, 0) is 49.1 Å².